The number of carbonyl (C=O) groups is 1. The third-order valence-electron chi connectivity index (χ3n) is 7.32. The number of carbonyl (C=O) groups excluding carboxylic acids is 1. The Labute approximate surface area is 212 Å². The molecule has 1 N–H and O–H groups in total. The van der Waals surface area contributed by atoms with E-state index in [1.54, 1.807) is 7.11 Å². The topological polar surface area (TPSA) is 44.8 Å². The summed E-state index contributed by atoms with van der Waals surface area (Å²) in [5, 5.41) is 4.05. The molecule has 0 aromatic heterocycles. The van der Waals surface area contributed by atoms with Gasteiger partial charge in [-0.3, -0.25) is 9.69 Å². The first-order chi connectivity index (χ1) is 17.0. The standard InChI is InChI=1S/C29H32ClN3O2/c1-20(22-6-4-3-5-7-22)31-29(34)26-16-23-10-13-25(35-2)17-27(23)33-15-14-32(19-28(26)33)18-21-8-11-24(30)12-9-21/h3-13,17,20,26,28H,14-16,18-19H2,1-2H3,(H,31,34). The number of hydrogen-bond donors (Lipinski definition) is 1. The molecule has 3 aromatic carbocycles. The van der Waals surface area contributed by atoms with Gasteiger partial charge in [-0.25, -0.2) is 0 Å². The molecule has 1 fully saturated rings. The van der Waals surface area contributed by atoms with Crippen LogP contribution in [0, 0.1) is 5.92 Å². The highest BCUT2D eigenvalue weighted by atomic mass is 35.5. The van der Waals surface area contributed by atoms with Gasteiger partial charge in [0.1, 0.15) is 5.75 Å². The Balaban J connectivity index is 1.39. The van der Waals surface area contributed by atoms with Crippen molar-refractivity contribution in [2.24, 2.45) is 5.92 Å². The Kier molecular flexibility index (Phi) is 6.98. The van der Waals surface area contributed by atoms with E-state index in [0.29, 0.717) is 0 Å². The summed E-state index contributed by atoms with van der Waals surface area (Å²) >= 11 is 6.08. The van der Waals surface area contributed by atoms with Crippen LogP contribution < -0.4 is 15.0 Å². The van der Waals surface area contributed by atoms with E-state index in [1.165, 1.54) is 16.8 Å². The second-order valence-corrected chi connectivity index (χ2v) is 10.0. The Bertz CT molecular complexity index is 1170. The van der Waals surface area contributed by atoms with Gasteiger partial charge in [0.2, 0.25) is 5.91 Å². The summed E-state index contributed by atoms with van der Waals surface area (Å²) in [6, 6.07) is 24.5. The van der Waals surface area contributed by atoms with Crippen LogP contribution >= 0.6 is 11.6 Å². The van der Waals surface area contributed by atoms with Crippen LogP contribution in [0.25, 0.3) is 0 Å². The molecule has 1 amide bonds. The summed E-state index contributed by atoms with van der Waals surface area (Å²) in [5.74, 6) is 0.841. The van der Waals surface area contributed by atoms with Crippen LogP contribution in [-0.4, -0.2) is 43.6 Å². The van der Waals surface area contributed by atoms with Crippen molar-refractivity contribution in [1.29, 1.82) is 0 Å². The van der Waals surface area contributed by atoms with Crippen LogP contribution in [0.3, 0.4) is 0 Å². The molecule has 3 unspecified atom stereocenters. The Hall–Kier alpha value is -3.02. The van der Waals surface area contributed by atoms with Crippen LogP contribution in [-0.2, 0) is 17.8 Å². The van der Waals surface area contributed by atoms with Crippen LogP contribution in [0.2, 0.25) is 5.02 Å². The zero-order chi connectivity index (χ0) is 24.4. The van der Waals surface area contributed by atoms with Gasteiger partial charge in [-0.1, -0.05) is 60.1 Å². The van der Waals surface area contributed by atoms with Gasteiger partial charge in [-0.2, -0.15) is 0 Å². The van der Waals surface area contributed by atoms with Gasteiger partial charge in [0.25, 0.3) is 0 Å². The number of anilines is 1. The molecule has 0 radical (unpaired) electrons. The molecule has 35 heavy (non-hydrogen) atoms. The van der Waals surface area contributed by atoms with Gasteiger partial charge >= 0.3 is 0 Å². The maximum atomic E-state index is 13.7. The maximum Gasteiger partial charge on any atom is 0.226 e. The summed E-state index contributed by atoms with van der Waals surface area (Å²) < 4.78 is 5.52. The minimum atomic E-state index is -0.130. The molecule has 1 saturated heterocycles. The number of benzene rings is 3. The zero-order valence-corrected chi connectivity index (χ0v) is 21.0. The lowest BCUT2D eigenvalue weighted by Crippen LogP contribution is -2.61. The molecule has 5 rings (SSSR count). The summed E-state index contributed by atoms with van der Waals surface area (Å²) in [5.41, 5.74) is 4.76. The molecule has 6 heteroatoms. The summed E-state index contributed by atoms with van der Waals surface area (Å²) in [6.45, 7) is 5.54. The van der Waals surface area contributed by atoms with E-state index < -0.39 is 0 Å². The maximum absolute atomic E-state index is 13.7. The van der Waals surface area contributed by atoms with Crippen molar-refractivity contribution in [3.8, 4) is 5.75 Å². The normalized spacial score (nSPS) is 20.5. The van der Waals surface area contributed by atoms with Crippen molar-refractivity contribution < 1.29 is 9.53 Å². The van der Waals surface area contributed by atoms with Crippen molar-refractivity contribution in [3.63, 3.8) is 0 Å². The number of methoxy groups -OCH3 is 1. The molecule has 182 valence electrons. The minimum absolute atomic E-state index is 0.0387. The summed E-state index contributed by atoms with van der Waals surface area (Å²) in [6.07, 6.45) is 0.725. The van der Waals surface area contributed by atoms with Gasteiger partial charge in [-0.15, -0.1) is 0 Å². The molecule has 0 spiro atoms. The molecule has 5 nitrogen and oxygen atoms in total. The van der Waals surface area contributed by atoms with Crippen molar-refractivity contribution in [2.45, 2.75) is 32.0 Å². The SMILES string of the molecule is COc1ccc2c(c1)N1CCN(Cc3ccc(Cl)cc3)CC1C(C(=O)NC(C)c1ccccc1)C2. The van der Waals surface area contributed by atoms with Crippen molar-refractivity contribution in [3.05, 3.63) is 94.5 Å². The number of fused-ring (bicyclic) bond motifs is 3. The predicted molar refractivity (Wildman–Crippen MR) is 141 cm³/mol. The van der Waals surface area contributed by atoms with Crippen molar-refractivity contribution in [2.75, 3.05) is 31.6 Å². The Morgan fingerprint density at radius 3 is 2.60 bits per heavy atom. The van der Waals surface area contributed by atoms with E-state index in [2.05, 4.69) is 58.4 Å². The van der Waals surface area contributed by atoms with E-state index in [-0.39, 0.29) is 23.9 Å². The minimum Gasteiger partial charge on any atom is -0.497 e. The lowest BCUT2D eigenvalue weighted by atomic mass is 9.83. The molecule has 0 saturated carbocycles. The van der Waals surface area contributed by atoms with Crippen LogP contribution in [0.4, 0.5) is 5.69 Å². The number of halogens is 1. The number of rotatable bonds is 6. The largest absolute Gasteiger partial charge is 0.497 e. The first-order valence-corrected chi connectivity index (χ1v) is 12.7. The fraction of sp³-hybridized carbons (Fsp3) is 0.345. The third-order valence-corrected chi connectivity index (χ3v) is 7.58. The number of piperazine rings is 1. The number of nitrogens with one attached hydrogen (secondary N) is 1. The van der Waals surface area contributed by atoms with Gasteiger partial charge in [0.15, 0.2) is 0 Å². The molecule has 2 aliphatic rings. The van der Waals surface area contributed by atoms with Gasteiger partial charge in [0, 0.05) is 43.0 Å². The number of amides is 1. The fourth-order valence-corrected chi connectivity index (χ4v) is 5.53. The first-order valence-electron chi connectivity index (χ1n) is 12.3. The fourth-order valence-electron chi connectivity index (χ4n) is 5.40. The molecule has 3 aromatic rings. The molecule has 0 aliphatic carbocycles. The monoisotopic (exact) mass is 489 g/mol. The molecular formula is C29H32ClN3O2. The molecular weight excluding hydrogens is 458 g/mol. The lowest BCUT2D eigenvalue weighted by molar-refractivity contribution is -0.126. The molecule has 2 heterocycles. The highest BCUT2D eigenvalue weighted by molar-refractivity contribution is 6.30. The quantitative estimate of drug-likeness (QED) is 0.524. The second kappa shape index (κ2) is 10.3. The van der Waals surface area contributed by atoms with Crippen LogP contribution in [0.15, 0.2) is 72.8 Å². The number of nitrogens with zero attached hydrogens (tertiary/aromatic N) is 2. The second-order valence-electron chi connectivity index (χ2n) is 9.57. The molecule has 3 atom stereocenters. The van der Waals surface area contributed by atoms with Crippen LogP contribution in [0.1, 0.15) is 29.7 Å². The Morgan fingerprint density at radius 2 is 1.86 bits per heavy atom. The highest BCUT2D eigenvalue weighted by Gasteiger charge is 2.42. The highest BCUT2D eigenvalue weighted by Crippen LogP contribution is 2.38. The van der Waals surface area contributed by atoms with E-state index >= 15 is 0 Å². The van der Waals surface area contributed by atoms with Crippen LogP contribution in [0.5, 0.6) is 5.75 Å². The van der Waals surface area contributed by atoms with E-state index in [4.69, 9.17) is 16.3 Å². The van der Waals surface area contributed by atoms with Crippen molar-refractivity contribution >= 4 is 23.2 Å². The smallest absolute Gasteiger partial charge is 0.226 e. The summed E-state index contributed by atoms with van der Waals surface area (Å²) in [4.78, 5) is 18.6. The molecule has 2 aliphatic heterocycles. The lowest BCUT2D eigenvalue weighted by Gasteiger charge is -2.49. The van der Waals surface area contributed by atoms with Gasteiger partial charge < -0.3 is 15.0 Å². The average molecular weight is 490 g/mol. The third kappa shape index (κ3) is 5.16. The van der Waals surface area contributed by atoms with E-state index in [9.17, 15) is 4.79 Å². The zero-order valence-electron chi connectivity index (χ0n) is 20.3. The summed E-state index contributed by atoms with van der Waals surface area (Å²) in [7, 11) is 1.70. The first kappa shape index (κ1) is 23.7. The van der Waals surface area contributed by atoms with Crippen molar-refractivity contribution in [1.82, 2.24) is 10.2 Å². The average Bonchev–Trinajstić information content (AvgIpc) is 2.89. The van der Waals surface area contributed by atoms with E-state index in [0.717, 1.165) is 48.9 Å². The van der Waals surface area contributed by atoms with E-state index in [1.807, 2.05) is 36.4 Å². The predicted octanol–water partition coefficient (Wildman–Crippen LogP) is 5.09. The number of ether oxygens (including phenoxy) is 1. The molecule has 0 bridgehead atoms. The van der Waals surface area contributed by atoms with Gasteiger partial charge in [0.05, 0.1) is 25.1 Å². The Morgan fingerprint density at radius 1 is 1.09 bits per heavy atom. The van der Waals surface area contributed by atoms with Gasteiger partial charge in [-0.05, 0) is 48.2 Å². The number of hydrogen-bond acceptors (Lipinski definition) is 4.